The molecule has 2 rings (SSSR count). The molecule has 5 heteroatoms. The maximum absolute atomic E-state index is 8.58. The van der Waals surface area contributed by atoms with Gasteiger partial charge >= 0.3 is 0 Å². The molecule has 0 spiro atoms. The van der Waals surface area contributed by atoms with Gasteiger partial charge < -0.3 is 24.8 Å². The zero-order valence-electron chi connectivity index (χ0n) is 11.9. The summed E-state index contributed by atoms with van der Waals surface area (Å²) in [6, 6.07) is 8.66. The lowest BCUT2D eigenvalue weighted by atomic mass is 10.2. The van der Waals surface area contributed by atoms with Gasteiger partial charge in [0.25, 0.3) is 0 Å². The summed E-state index contributed by atoms with van der Waals surface area (Å²) in [4.78, 5) is 2.35. The molecular weight excluding hydrogens is 256 g/mol. The number of nitrogens with zero attached hydrogens (tertiary/aromatic N) is 1. The lowest BCUT2D eigenvalue weighted by Crippen LogP contribution is -2.36. The monoisotopic (exact) mass is 280 g/mol. The number of aliphatic hydroxyl groups is 1. The molecule has 0 amide bonds. The lowest BCUT2D eigenvalue weighted by molar-refractivity contribution is 0.0938. The Morgan fingerprint density at radius 2 is 1.90 bits per heavy atom. The van der Waals surface area contributed by atoms with Crippen molar-refractivity contribution in [2.45, 2.75) is 6.54 Å². The average Bonchev–Trinajstić information content (AvgIpc) is 2.52. The Kier molecular flexibility index (Phi) is 6.80. The second kappa shape index (κ2) is 8.92. The molecule has 1 aliphatic rings. The fourth-order valence-electron chi connectivity index (χ4n) is 2.19. The molecule has 112 valence electrons. The molecular formula is C15H24N2O3. The zero-order chi connectivity index (χ0) is 14.0. The van der Waals surface area contributed by atoms with Crippen LogP contribution in [0.2, 0.25) is 0 Å². The highest BCUT2D eigenvalue weighted by Gasteiger charge is 2.10. The second-order valence-corrected chi connectivity index (χ2v) is 4.78. The predicted octanol–water partition coefficient (Wildman–Crippen LogP) is 0.622. The Balaban J connectivity index is 1.68. The van der Waals surface area contributed by atoms with E-state index in [4.69, 9.17) is 14.6 Å². The summed E-state index contributed by atoms with van der Waals surface area (Å²) in [7, 11) is 0. The van der Waals surface area contributed by atoms with E-state index in [0.29, 0.717) is 13.2 Å². The van der Waals surface area contributed by atoms with Gasteiger partial charge in [0.2, 0.25) is 0 Å². The third-order valence-electron chi connectivity index (χ3n) is 3.30. The van der Waals surface area contributed by atoms with E-state index in [9.17, 15) is 0 Å². The number of nitrogens with one attached hydrogen (secondary N) is 1. The van der Waals surface area contributed by atoms with Crippen molar-refractivity contribution < 1.29 is 14.6 Å². The van der Waals surface area contributed by atoms with Gasteiger partial charge in [-0.2, -0.15) is 0 Å². The van der Waals surface area contributed by atoms with E-state index < -0.39 is 0 Å². The second-order valence-electron chi connectivity index (χ2n) is 4.78. The van der Waals surface area contributed by atoms with Crippen LogP contribution in [-0.4, -0.2) is 57.8 Å². The number of anilines is 1. The maximum Gasteiger partial charge on any atom is 0.0698 e. The molecule has 1 aliphatic heterocycles. The Bertz CT molecular complexity index is 364. The van der Waals surface area contributed by atoms with Crippen LogP contribution in [-0.2, 0) is 16.0 Å². The topological polar surface area (TPSA) is 54.0 Å². The highest BCUT2D eigenvalue weighted by atomic mass is 16.5. The Hall–Kier alpha value is -1.14. The number of rotatable bonds is 8. The zero-order valence-corrected chi connectivity index (χ0v) is 11.9. The van der Waals surface area contributed by atoms with E-state index >= 15 is 0 Å². The molecule has 0 saturated carbocycles. The van der Waals surface area contributed by atoms with Crippen molar-refractivity contribution in [3.05, 3.63) is 29.8 Å². The molecule has 0 aromatic heterocycles. The molecule has 1 saturated heterocycles. The molecule has 5 nitrogen and oxygen atoms in total. The van der Waals surface area contributed by atoms with Crippen LogP contribution in [0.25, 0.3) is 0 Å². The van der Waals surface area contributed by atoms with Gasteiger partial charge in [-0.1, -0.05) is 12.1 Å². The Labute approximate surface area is 120 Å². The SMILES string of the molecule is OCCOCCNCc1ccc(N2CCOCC2)cc1. The van der Waals surface area contributed by atoms with E-state index in [1.165, 1.54) is 11.3 Å². The van der Waals surface area contributed by atoms with Crippen LogP contribution in [0.3, 0.4) is 0 Å². The Morgan fingerprint density at radius 1 is 1.15 bits per heavy atom. The van der Waals surface area contributed by atoms with Gasteiger partial charge in [0, 0.05) is 31.9 Å². The number of aliphatic hydroxyl groups excluding tert-OH is 1. The van der Waals surface area contributed by atoms with Crippen LogP contribution >= 0.6 is 0 Å². The van der Waals surface area contributed by atoms with Crippen molar-refractivity contribution in [2.75, 3.05) is 57.6 Å². The van der Waals surface area contributed by atoms with Crippen molar-refractivity contribution in [1.82, 2.24) is 5.32 Å². The summed E-state index contributed by atoms with van der Waals surface area (Å²) in [5.41, 5.74) is 2.53. The van der Waals surface area contributed by atoms with E-state index in [2.05, 4.69) is 34.5 Å². The molecule has 1 fully saturated rings. The standard InChI is InChI=1S/C15H24N2O3/c18-8-12-19-9-5-16-13-14-1-3-15(4-2-14)17-6-10-20-11-7-17/h1-4,16,18H,5-13H2. The molecule has 0 radical (unpaired) electrons. The smallest absolute Gasteiger partial charge is 0.0698 e. The molecule has 0 unspecified atom stereocenters. The maximum atomic E-state index is 8.58. The third kappa shape index (κ3) is 5.09. The average molecular weight is 280 g/mol. The van der Waals surface area contributed by atoms with Crippen LogP contribution in [0.15, 0.2) is 24.3 Å². The highest BCUT2D eigenvalue weighted by molar-refractivity contribution is 5.47. The van der Waals surface area contributed by atoms with Gasteiger partial charge in [-0.3, -0.25) is 0 Å². The fourth-order valence-corrected chi connectivity index (χ4v) is 2.19. The van der Waals surface area contributed by atoms with Crippen molar-refractivity contribution in [2.24, 2.45) is 0 Å². The fraction of sp³-hybridized carbons (Fsp3) is 0.600. The number of morpholine rings is 1. The molecule has 20 heavy (non-hydrogen) atoms. The number of benzene rings is 1. The quantitative estimate of drug-likeness (QED) is 0.684. The van der Waals surface area contributed by atoms with Gasteiger partial charge in [-0.25, -0.2) is 0 Å². The van der Waals surface area contributed by atoms with E-state index in [1.54, 1.807) is 0 Å². The summed E-state index contributed by atoms with van der Waals surface area (Å²) in [5.74, 6) is 0. The summed E-state index contributed by atoms with van der Waals surface area (Å²) >= 11 is 0. The minimum Gasteiger partial charge on any atom is -0.394 e. The first-order valence-corrected chi connectivity index (χ1v) is 7.21. The van der Waals surface area contributed by atoms with Crippen LogP contribution in [0.5, 0.6) is 0 Å². The van der Waals surface area contributed by atoms with Gasteiger partial charge in [-0.05, 0) is 17.7 Å². The van der Waals surface area contributed by atoms with Gasteiger partial charge in [0.05, 0.1) is 33.0 Å². The van der Waals surface area contributed by atoms with Crippen LogP contribution in [0, 0.1) is 0 Å². The number of hydrogen-bond donors (Lipinski definition) is 2. The van der Waals surface area contributed by atoms with E-state index in [0.717, 1.165) is 39.4 Å². The van der Waals surface area contributed by atoms with Gasteiger partial charge in [-0.15, -0.1) is 0 Å². The first-order chi connectivity index (χ1) is 9.90. The van der Waals surface area contributed by atoms with Crippen molar-refractivity contribution in [3.63, 3.8) is 0 Å². The summed E-state index contributed by atoms with van der Waals surface area (Å²) in [6.45, 7) is 6.34. The van der Waals surface area contributed by atoms with E-state index in [-0.39, 0.29) is 6.61 Å². The number of ether oxygens (including phenoxy) is 2. The first-order valence-electron chi connectivity index (χ1n) is 7.21. The molecule has 1 aromatic rings. The van der Waals surface area contributed by atoms with Crippen LogP contribution < -0.4 is 10.2 Å². The van der Waals surface area contributed by atoms with Crippen molar-refractivity contribution >= 4 is 5.69 Å². The summed E-state index contributed by atoms with van der Waals surface area (Å²) < 4.78 is 10.5. The minimum atomic E-state index is 0.0863. The van der Waals surface area contributed by atoms with Crippen molar-refractivity contribution in [1.29, 1.82) is 0 Å². The van der Waals surface area contributed by atoms with Crippen molar-refractivity contribution in [3.8, 4) is 0 Å². The normalized spacial score (nSPS) is 15.6. The molecule has 0 bridgehead atoms. The molecule has 1 heterocycles. The predicted molar refractivity (Wildman–Crippen MR) is 79.1 cm³/mol. The molecule has 0 aliphatic carbocycles. The largest absolute Gasteiger partial charge is 0.394 e. The number of hydrogen-bond acceptors (Lipinski definition) is 5. The van der Waals surface area contributed by atoms with Gasteiger partial charge in [0.15, 0.2) is 0 Å². The summed E-state index contributed by atoms with van der Waals surface area (Å²) in [5, 5.41) is 11.9. The van der Waals surface area contributed by atoms with E-state index in [1.807, 2.05) is 0 Å². The third-order valence-corrected chi connectivity index (χ3v) is 3.30. The molecule has 2 N–H and O–H groups in total. The van der Waals surface area contributed by atoms with Crippen LogP contribution in [0.1, 0.15) is 5.56 Å². The minimum absolute atomic E-state index is 0.0863. The lowest BCUT2D eigenvalue weighted by Gasteiger charge is -2.28. The van der Waals surface area contributed by atoms with Crippen LogP contribution in [0.4, 0.5) is 5.69 Å². The molecule has 1 aromatic carbocycles. The van der Waals surface area contributed by atoms with Gasteiger partial charge in [0.1, 0.15) is 0 Å². The first kappa shape index (κ1) is 15.3. The summed E-state index contributed by atoms with van der Waals surface area (Å²) in [6.07, 6.45) is 0. The molecule has 0 atom stereocenters. The Morgan fingerprint density at radius 3 is 2.60 bits per heavy atom. The highest BCUT2D eigenvalue weighted by Crippen LogP contribution is 2.16.